The molecule has 0 aliphatic rings. The van der Waals surface area contributed by atoms with E-state index in [2.05, 4.69) is 27.3 Å². The van der Waals surface area contributed by atoms with Gasteiger partial charge < -0.3 is 5.32 Å². The van der Waals surface area contributed by atoms with Gasteiger partial charge in [0.15, 0.2) is 0 Å². The standard InChI is InChI=1S/C13H15BrN2O/c1-3-13(4-2,9-15)12(17)16-11-7-5-10(14)6-8-11/h5-8H,3-4H2,1-2H3,(H,16,17). The summed E-state index contributed by atoms with van der Waals surface area (Å²) in [5, 5.41) is 11.9. The number of carbonyl (C=O) groups is 1. The minimum absolute atomic E-state index is 0.229. The topological polar surface area (TPSA) is 52.9 Å². The van der Waals surface area contributed by atoms with Crippen molar-refractivity contribution in [3.8, 4) is 6.07 Å². The molecule has 1 aromatic rings. The lowest BCUT2D eigenvalue weighted by atomic mass is 9.83. The first-order valence-corrected chi connectivity index (χ1v) is 6.35. The van der Waals surface area contributed by atoms with Gasteiger partial charge in [0.05, 0.1) is 6.07 Å². The van der Waals surface area contributed by atoms with Crippen molar-refractivity contribution in [1.29, 1.82) is 5.26 Å². The Labute approximate surface area is 110 Å². The molecule has 90 valence electrons. The maximum absolute atomic E-state index is 12.1. The molecule has 0 aliphatic carbocycles. The van der Waals surface area contributed by atoms with Crippen molar-refractivity contribution in [1.82, 2.24) is 0 Å². The lowest BCUT2D eigenvalue weighted by Crippen LogP contribution is -2.33. The highest BCUT2D eigenvalue weighted by molar-refractivity contribution is 9.10. The molecule has 0 bridgehead atoms. The number of amides is 1. The molecule has 0 aromatic heterocycles. The molecule has 4 heteroatoms. The van der Waals surface area contributed by atoms with Crippen LogP contribution >= 0.6 is 15.9 Å². The molecule has 0 radical (unpaired) electrons. The average Bonchev–Trinajstić information content (AvgIpc) is 2.35. The van der Waals surface area contributed by atoms with E-state index >= 15 is 0 Å². The molecule has 0 saturated carbocycles. The number of halogens is 1. The van der Waals surface area contributed by atoms with Crippen molar-refractivity contribution in [2.75, 3.05) is 5.32 Å². The molecule has 0 unspecified atom stereocenters. The number of hydrogen-bond acceptors (Lipinski definition) is 2. The van der Waals surface area contributed by atoms with Crippen LogP contribution in [0.25, 0.3) is 0 Å². The van der Waals surface area contributed by atoms with Crippen LogP contribution in [0.5, 0.6) is 0 Å². The fraction of sp³-hybridized carbons (Fsp3) is 0.385. The van der Waals surface area contributed by atoms with E-state index < -0.39 is 5.41 Å². The zero-order valence-corrected chi connectivity index (χ0v) is 11.5. The molecule has 0 spiro atoms. The van der Waals surface area contributed by atoms with Gasteiger partial charge in [-0.25, -0.2) is 0 Å². The van der Waals surface area contributed by atoms with Crippen molar-refractivity contribution in [3.05, 3.63) is 28.7 Å². The fourth-order valence-corrected chi connectivity index (χ4v) is 1.83. The average molecular weight is 295 g/mol. The quantitative estimate of drug-likeness (QED) is 0.920. The summed E-state index contributed by atoms with van der Waals surface area (Å²) in [5.41, 5.74) is -0.215. The number of hydrogen-bond donors (Lipinski definition) is 1. The van der Waals surface area contributed by atoms with Crippen molar-refractivity contribution < 1.29 is 4.79 Å². The van der Waals surface area contributed by atoms with Crippen LogP contribution in [0.4, 0.5) is 5.69 Å². The Morgan fingerprint density at radius 1 is 1.35 bits per heavy atom. The number of carbonyl (C=O) groups excluding carboxylic acids is 1. The van der Waals surface area contributed by atoms with Gasteiger partial charge >= 0.3 is 0 Å². The number of anilines is 1. The van der Waals surface area contributed by atoms with Crippen LogP contribution in [0.3, 0.4) is 0 Å². The van der Waals surface area contributed by atoms with Gasteiger partial charge in [0.25, 0.3) is 0 Å². The van der Waals surface area contributed by atoms with Crippen molar-refractivity contribution in [2.45, 2.75) is 26.7 Å². The monoisotopic (exact) mass is 294 g/mol. The van der Waals surface area contributed by atoms with Gasteiger partial charge in [0.1, 0.15) is 5.41 Å². The molecule has 0 saturated heterocycles. The minimum atomic E-state index is -0.924. The normalized spacial score (nSPS) is 10.7. The van der Waals surface area contributed by atoms with E-state index in [0.29, 0.717) is 18.5 Å². The lowest BCUT2D eigenvalue weighted by Gasteiger charge is -2.22. The maximum atomic E-state index is 12.1. The van der Waals surface area contributed by atoms with Crippen LogP contribution in [0.1, 0.15) is 26.7 Å². The van der Waals surface area contributed by atoms with Crippen molar-refractivity contribution >= 4 is 27.5 Å². The van der Waals surface area contributed by atoms with Gasteiger partial charge in [0, 0.05) is 10.2 Å². The van der Waals surface area contributed by atoms with E-state index in [1.165, 1.54) is 0 Å². The maximum Gasteiger partial charge on any atom is 0.244 e. The molecule has 0 fully saturated rings. The molecule has 17 heavy (non-hydrogen) atoms. The first-order chi connectivity index (χ1) is 8.07. The summed E-state index contributed by atoms with van der Waals surface area (Å²) in [6.45, 7) is 3.71. The highest BCUT2D eigenvalue weighted by atomic mass is 79.9. The van der Waals surface area contributed by atoms with E-state index in [4.69, 9.17) is 5.26 Å². The predicted molar refractivity (Wildman–Crippen MR) is 71.4 cm³/mol. The summed E-state index contributed by atoms with van der Waals surface area (Å²) in [7, 11) is 0. The van der Waals surface area contributed by atoms with E-state index in [1.807, 2.05) is 26.0 Å². The molecule has 3 nitrogen and oxygen atoms in total. The molecule has 1 rings (SSSR count). The minimum Gasteiger partial charge on any atom is -0.325 e. The second-order valence-corrected chi connectivity index (χ2v) is 4.78. The third-order valence-electron chi connectivity index (χ3n) is 2.96. The molecule has 1 N–H and O–H groups in total. The largest absolute Gasteiger partial charge is 0.325 e. The first-order valence-electron chi connectivity index (χ1n) is 5.56. The molecule has 0 heterocycles. The highest BCUT2D eigenvalue weighted by Crippen LogP contribution is 2.27. The Morgan fingerprint density at radius 3 is 2.29 bits per heavy atom. The summed E-state index contributed by atoms with van der Waals surface area (Å²) < 4.78 is 0.952. The number of rotatable bonds is 4. The predicted octanol–water partition coefficient (Wildman–Crippen LogP) is 3.72. The second-order valence-electron chi connectivity index (χ2n) is 3.86. The van der Waals surface area contributed by atoms with Crippen LogP contribution in [0, 0.1) is 16.7 Å². The van der Waals surface area contributed by atoms with Crippen LogP contribution in [-0.4, -0.2) is 5.91 Å². The summed E-state index contributed by atoms with van der Waals surface area (Å²) in [6, 6.07) is 9.42. The van der Waals surface area contributed by atoms with E-state index in [-0.39, 0.29) is 5.91 Å². The van der Waals surface area contributed by atoms with Gasteiger partial charge in [-0.3, -0.25) is 4.79 Å². The number of nitriles is 1. The van der Waals surface area contributed by atoms with Crippen molar-refractivity contribution in [2.24, 2.45) is 5.41 Å². The number of benzene rings is 1. The van der Waals surface area contributed by atoms with Gasteiger partial charge in [-0.2, -0.15) is 5.26 Å². The summed E-state index contributed by atoms with van der Waals surface area (Å²) in [4.78, 5) is 12.1. The summed E-state index contributed by atoms with van der Waals surface area (Å²) in [5.74, 6) is -0.229. The molecular formula is C13H15BrN2O. The zero-order chi connectivity index (χ0) is 12.9. The summed E-state index contributed by atoms with van der Waals surface area (Å²) >= 11 is 3.33. The Bertz CT molecular complexity index is 430. The van der Waals surface area contributed by atoms with Crippen molar-refractivity contribution in [3.63, 3.8) is 0 Å². The van der Waals surface area contributed by atoms with E-state index in [9.17, 15) is 4.79 Å². The zero-order valence-electron chi connectivity index (χ0n) is 9.96. The second kappa shape index (κ2) is 5.83. The van der Waals surface area contributed by atoms with Gasteiger partial charge in [-0.05, 0) is 37.1 Å². The van der Waals surface area contributed by atoms with E-state index in [0.717, 1.165) is 4.47 Å². The molecular weight excluding hydrogens is 280 g/mol. The van der Waals surface area contributed by atoms with Crippen LogP contribution in [0.2, 0.25) is 0 Å². The molecule has 0 atom stereocenters. The van der Waals surface area contributed by atoms with Crippen LogP contribution in [-0.2, 0) is 4.79 Å². The number of nitrogens with one attached hydrogen (secondary N) is 1. The van der Waals surface area contributed by atoms with Gasteiger partial charge in [-0.1, -0.05) is 29.8 Å². The lowest BCUT2D eigenvalue weighted by molar-refractivity contribution is -0.123. The highest BCUT2D eigenvalue weighted by Gasteiger charge is 2.34. The van der Waals surface area contributed by atoms with Crippen LogP contribution in [0.15, 0.2) is 28.7 Å². The van der Waals surface area contributed by atoms with Crippen LogP contribution < -0.4 is 5.32 Å². The Morgan fingerprint density at radius 2 is 1.88 bits per heavy atom. The third kappa shape index (κ3) is 3.07. The third-order valence-corrected chi connectivity index (χ3v) is 3.49. The molecule has 1 amide bonds. The van der Waals surface area contributed by atoms with Gasteiger partial charge in [-0.15, -0.1) is 0 Å². The Balaban J connectivity index is 2.85. The van der Waals surface area contributed by atoms with E-state index in [1.54, 1.807) is 12.1 Å². The Kier molecular flexibility index (Phi) is 4.71. The fourth-order valence-electron chi connectivity index (χ4n) is 1.56. The smallest absolute Gasteiger partial charge is 0.244 e. The first kappa shape index (κ1) is 13.7. The summed E-state index contributed by atoms with van der Waals surface area (Å²) in [6.07, 6.45) is 1.03. The van der Waals surface area contributed by atoms with Gasteiger partial charge in [0.2, 0.25) is 5.91 Å². The number of nitrogens with zero attached hydrogens (tertiary/aromatic N) is 1. The molecule has 1 aromatic carbocycles. The Hall–Kier alpha value is -1.34. The molecule has 0 aliphatic heterocycles. The SMILES string of the molecule is CCC(C#N)(CC)C(=O)Nc1ccc(Br)cc1.